The molecule has 2 radical (unpaired) electrons. The second-order valence-electron chi connectivity index (χ2n) is 0. The Morgan fingerprint density at radius 3 is 1.25 bits per heavy atom. The Hall–Kier alpha value is 2.04. The van der Waals surface area contributed by atoms with E-state index >= 15 is 0 Å². The summed E-state index contributed by atoms with van der Waals surface area (Å²) in [6.45, 7) is 0. The minimum atomic E-state index is 0. The molecule has 0 amide bonds. The van der Waals surface area contributed by atoms with Crippen LogP contribution in [0.3, 0.4) is 0 Å². The van der Waals surface area contributed by atoms with Gasteiger partial charge in [-0.1, -0.05) is 0 Å². The number of hydrogen-bond acceptors (Lipinski definition) is 1. The summed E-state index contributed by atoms with van der Waals surface area (Å²) in [6, 6.07) is 0. The first kappa shape index (κ1) is 16.6. The van der Waals surface area contributed by atoms with E-state index in [9.17, 15) is 0 Å². The SMILES string of the molecule is [O]=[SbH].[SnH2].[Zn]. The van der Waals surface area contributed by atoms with Crippen molar-refractivity contribution in [1.82, 2.24) is 0 Å². The standard InChI is InChI=1S/O.Sb.Sn.Zn.3H. The summed E-state index contributed by atoms with van der Waals surface area (Å²) in [5, 5.41) is 0. The molecule has 20 valence electrons. The van der Waals surface area contributed by atoms with Crippen LogP contribution in [0.4, 0.5) is 0 Å². The summed E-state index contributed by atoms with van der Waals surface area (Å²) in [5.74, 6) is 0. The Bertz CT molecular complexity index is 8.00. The topological polar surface area (TPSA) is 17.1 Å². The Morgan fingerprint density at radius 2 is 1.25 bits per heavy atom. The normalized spacial score (nSPS) is 1.00. The quantitative estimate of drug-likeness (QED) is 0.486. The van der Waals surface area contributed by atoms with Gasteiger partial charge >= 0.3 is 49.9 Å². The molecular weight excluding hydrogens is 322 g/mol. The van der Waals surface area contributed by atoms with Gasteiger partial charge in [-0.25, -0.2) is 0 Å². The first-order valence-electron chi connectivity index (χ1n) is 0.204. The fourth-order valence-corrected chi connectivity index (χ4v) is 0. The van der Waals surface area contributed by atoms with Crippen LogP contribution in [-0.4, -0.2) is 46.9 Å². The van der Waals surface area contributed by atoms with Gasteiger partial charge in [-0.05, 0) is 0 Å². The summed E-state index contributed by atoms with van der Waals surface area (Å²) in [7, 11) is 0. The predicted molar refractivity (Wildman–Crippen MR) is 16.4 cm³/mol. The molecular formula is H3OSbSnZn. The summed E-state index contributed by atoms with van der Waals surface area (Å²) >= 11 is 0.300. The fraction of sp³-hybridized carbons (Fsp3) is 0. The molecule has 0 aliphatic carbocycles. The smallest absolute Gasteiger partial charge is 0 e. The van der Waals surface area contributed by atoms with Gasteiger partial charge in [0, 0.05) is 19.5 Å². The molecule has 0 fully saturated rings. The van der Waals surface area contributed by atoms with Crippen LogP contribution in [0.1, 0.15) is 0 Å². The molecule has 0 aliphatic rings. The van der Waals surface area contributed by atoms with Crippen LogP contribution < -0.4 is 0 Å². The molecule has 0 unspecified atom stereocenters. The van der Waals surface area contributed by atoms with Crippen molar-refractivity contribution in [3.05, 3.63) is 0 Å². The first-order chi connectivity index (χ1) is 1.00. The minimum Gasteiger partial charge on any atom is 0 e. The molecule has 0 heterocycles. The van der Waals surface area contributed by atoms with Crippen LogP contribution in [0.25, 0.3) is 0 Å². The van der Waals surface area contributed by atoms with Crippen LogP contribution in [0, 0.1) is 0 Å². The van der Waals surface area contributed by atoms with E-state index in [1.54, 1.807) is 0 Å². The van der Waals surface area contributed by atoms with E-state index in [0.717, 1.165) is 0 Å². The summed E-state index contributed by atoms with van der Waals surface area (Å²) in [4.78, 5) is 0. The third-order valence-corrected chi connectivity index (χ3v) is 0. The number of hydrogen-bond donors (Lipinski definition) is 0. The van der Waals surface area contributed by atoms with E-state index in [1.165, 1.54) is 0 Å². The van der Waals surface area contributed by atoms with Crippen LogP contribution in [0.2, 0.25) is 0 Å². The van der Waals surface area contributed by atoms with E-state index < -0.39 is 0 Å². The predicted octanol–water partition coefficient (Wildman–Crippen LogP) is -1.69. The van der Waals surface area contributed by atoms with Crippen molar-refractivity contribution in [2.45, 2.75) is 0 Å². The second-order valence-corrected chi connectivity index (χ2v) is 0. The van der Waals surface area contributed by atoms with Gasteiger partial charge in [0.1, 0.15) is 0 Å². The van der Waals surface area contributed by atoms with Crippen molar-refractivity contribution in [2.75, 3.05) is 0 Å². The molecule has 0 rings (SSSR count). The molecule has 0 aromatic carbocycles. The van der Waals surface area contributed by atoms with Crippen molar-refractivity contribution in [2.24, 2.45) is 0 Å². The molecule has 4 heteroatoms. The summed E-state index contributed by atoms with van der Waals surface area (Å²) in [6.07, 6.45) is 0. The largest absolute Gasteiger partial charge is 0 e. The third-order valence-electron chi connectivity index (χ3n) is 0. The van der Waals surface area contributed by atoms with Gasteiger partial charge in [-0.15, -0.1) is 0 Å². The zero-order chi connectivity index (χ0) is 2.00. The van der Waals surface area contributed by atoms with Gasteiger partial charge in [0.2, 0.25) is 0 Å². The van der Waals surface area contributed by atoms with E-state index in [1.807, 2.05) is 0 Å². The average molecular weight is 325 g/mol. The minimum absolute atomic E-state index is 0. The zero-order valence-corrected chi connectivity index (χ0v) is 12.2. The van der Waals surface area contributed by atoms with E-state index in [4.69, 9.17) is 3.02 Å². The molecule has 0 aliphatic heterocycles. The van der Waals surface area contributed by atoms with E-state index in [0.29, 0.717) is 23.0 Å². The summed E-state index contributed by atoms with van der Waals surface area (Å²) < 4.78 is 8.34. The van der Waals surface area contributed by atoms with Gasteiger partial charge in [0.25, 0.3) is 0 Å². The summed E-state index contributed by atoms with van der Waals surface area (Å²) in [5.41, 5.74) is 0. The molecule has 0 bridgehead atoms. The Morgan fingerprint density at radius 1 is 1.25 bits per heavy atom. The maximum absolute atomic E-state index is 8.34. The van der Waals surface area contributed by atoms with Gasteiger partial charge in [-0.2, -0.15) is 0 Å². The number of rotatable bonds is 0. The van der Waals surface area contributed by atoms with E-state index in [-0.39, 0.29) is 43.4 Å². The Balaban J connectivity index is -0.00000000500. The van der Waals surface area contributed by atoms with Crippen LogP contribution >= 0.6 is 0 Å². The van der Waals surface area contributed by atoms with Crippen molar-refractivity contribution >= 4 is 46.9 Å². The Kier molecular flexibility index (Phi) is 82.0. The van der Waals surface area contributed by atoms with Crippen molar-refractivity contribution in [3.8, 4) is 0 Å². The maximum Gasteiger partial charge on any atom is 0 e. The van der Waals surface area contributed by atoms with Gasteiger partial charge in [0.15, 0.2) is 0 Å². The molecule has 0 atom stereocenters. The molecule has 4 heavy (non-hydrogen) atoms. The first-order valence-corrected chi connectivity index (χ1v) is 1.37. The average Bonchev–Trinajstić information content (AvgIpc) is 1.00. The van der Waals surface area contributed by atoms with Gasteiger partial charge in [0.05, 0.1) is 0 Å². The van der Waals surface area contributed by atoms with Crippen LogP contribution in [-0.2, 0) is 22.5 Å². The molecule has 0 spiro atoms. The van der Waals surface area contributed by atoms with Gasteiger partial charge < -0.3 is 0 Å². The third kappa shape index (κ3) is 8.97. The van der Waals surface area contributed by atoms with Crippen molar-refractivity contribution < 1.29 is 22.5 Å². The molecule has 0 saturated heterocycles. The zero-order valence-electron chi connectivity index (χ0n) is 2.32. The fourth-order valence-electron chi connectivity index (χ4n) is 0. The van der Waals surface area contributed by atoms with Crippen molar-refractivity contribution in [3.63, 3.8) is 0 Å². The maximum atomic E-state index is 8.34. The molecule has 0 aromatic rings. The molecule has 0 aromatic heterocycles. The monoisotopic (exact) mass is 324 g/mol. The molecule has 0 N–H and O–H groups in total. The van der Waals surface area contributed by atoms with Crippen molar-refractivity contribution in [1.29, 1.82) is 0 Å². The molecule has 1 nitrogen and oxygen atoms in total. The van der Waals surface area contributed by atoms with Crippen LogP contribution in [0.15, 0.2) is 0 Å². The van der Waals surface area contributed by atoms with E-state index in [2.05, 4.69) is 0 Å². The van der Waals surface area contributed by atoms with Gasteiger partial charge in [-0.3, -0.25) is 0 Å². The molecule has 0 saturated carbocycles. The Labute approximate surface area is 68.5 Å². The second kappa shape index (κ2) is 19.8. The van der Waals surface area contributed by atoms with Crippen LogP contribution in [0.5, 0.6) is 0 Å².